The lowest BCUT2D eigenvalue weighted by Crippen LogP contribution is -2.64. The molecule has 0 spiro atoms. The van der Waals surface area contributed by atoms with Crippen LogP contribution in [0.3, 0.4) is 0 Å². The van der Waals surface area contributed by atoms with Crippen molar-refractivity contribution in [3.05, 3.63) is 0 Å². The van der Waals surface area contributed by atoms with Gasteiger partial charge in [0.15, 0.2) is 0 Å². The molecule has 9 atom stereocenters. The Morgan fingerprint density at radius 3 is 2.58 bits per heavy atom. The number of hydrogen-bond donors (Lipinski definition) is 5. The Balaban J connectivity index is 2.07. The minimum Gasteiger partial charge on any atom is -0.388 e. The van der Waals surface area contributed by atoms with E-state index in [1.807, 2.05) is 11.9 Å². The number of thiol groups is 1. The number of nitrogens with one attached hydrogen (secondary N) is 1. The summed E-state index contributed by atoms with van der Waals surface area (Å²) >= 11 is 10.3. The fourth-order valence-corrected chi connectivity index (χ4v) is 4.46. The number of aliphatic hydroxyl groups is 3. The molecular formula is C17H31ClN2O5S. The van der Waals surface area contributed by atoms with Crippen molar-refractivity contribution in [2.24, 2.45) is 5.92 Å². The number of nitrogens with zero attached hydrogens (tertiary/aromatic N) is 1. The number of carbonyl (C=O) groups is 1. The molecule has 0 radical (unpaired) electrons. The predicted octanol–water partition coefficient (Wildman–Crippen LogP) is -0.0437. The second-order valence-corrected chi connectivity index (χ2v) is 8.72. The molecule has 2 rings (SSSR count). The van der Waals surface area contributed by atoms with Gasteiger partial charge in [0.1, 0.15) is 29.9 Å². The van der Waals surface area contributed by atoms with Gasteiger partial charge in [-0.25, -0.2) is 0 Å². The van der Waals surface area contributed by atoms with Crippen LogP contribution in [0, 0.1) is 5.92 Å². The summed E-state index contributed by atoms with van der Waals surface area (Å²) in [5.74, 6) is 0.318. The molecule has 2 aliphatic rings. The standard InChI is InChI=1S/C17H31ClN2O5S/c1-4-5-9-6-10(20(3)7-9)16(24)19-11(8(2)18)15-13(22)12(21)14(23)17(26)25-15/h8-15,17,21-23,26H,4-7H2,1-3H3,(H,19,24)/t8-,9?,10?,11+,12-,13+,14+,15+,17+/m0/s1. The molecule has 0 aromatic heterocycles. The molecular weight excluding hydrogens is 380 g/mol. The lowest BCUT2D eigenvalue weighted by molar-refractivity contribution is -0.204. The number of rotatable bonds is 6. The molecule has 0 saturated carbocycles. The average Bonchev–Trinajstić information content (AvgIpc) is 2.95. The van der Waals surface area contributed by atoms with Crippen LogP contribution < -0.4 is 5.32 Å². The largest absolute Gasteiger partial charge is 0.388 e. The number of hydrogen-bond acceptors (Lipinski definition) is 7. The second kappa shape index (κ2) is 9.41. The number of likely N-dealkylation sites (tertiary alicyclic amines) is 1. The Labute approximate surface area is 165 Å². The summed E-state index contributed by atoms with van der Waals surface area (Å²) in [6.45, 7) is 4.69. The van der Waals surface area contributed by atoms with Crippen LogP contribution >= 0.6 is 24.2 Å². The monoisotopic (exact) mass is 410 g/mol. The summed E-state index contributed by atoms with van der Waals surface area (Å²) in [4.78, 5) is 14.8. The van der Waals surface area contributed by atoms with Gasteiger partial charge in [-0.2, -0.15) is 0 Å². The van der Waals surface area contributed by atoms with E-state index in [9.17, 15) is 20.1 Å². The highest BCUT2D eigenvalue weighted by molar-refractivity contribution is 7.80. The highest BCUT2D eigenvalue weighted by Gasteiger charge is 2.47. The lowest BCUT2D eigenvalue weighted by atomic mass is 9.92. The van der Waals surface area contributed by atoms with Gasteiger partial charge in [0.05, 0.1) is 17.5 Å². The zero-order valence-electron chi connectivity index (χ0n) is 15.5. The van der Waals surface area contributed by atoms with Crippen molar-refractivity contribution >= 4 is 30.1 Å². The van der Waals surface area contributed by atoms with Crippen LogP contribution in [0.25, 0.3) is 0 Å². The number of alkyl halides is 1. The first-order valence-electron chi connectivity index (χ1n) is 9.19. The molecule has 2 aliphatic heterocycles. The molecule has 2 heterocycles. The molecule has 2 unspecified atom stereocenters. The van der Waals surface area contributed by atoms with E-state index in [1.54, 1.807) is 6.92 Å². The van der Waals surface area contributed by atoms with Gasteiger partial charge in [-0.05, 0) is 32.7 Å². The van der Waals surface area contributed by atoms with E-state index < -0.39 is 41.3 Å². The molecule has 1 amide bonds. The molecule has 0 aromatic carbocycles. The van der Waals surface area contributed by atoms with Gasteiger partial charge in [0.2, 0.25) is 5.91 Å². The first-order chi connectivity index (χ1) is 12.2. The molecule has 2 saturated heterocycles. The molecule has 9 heteroatoms. The van der Waals surface area contributed by atoms with E-state index in [4.69, 9.17) is 16.3 Å². The van der Waals surface area contributed by atoms with Crippen LogP contribution in [0.1, 0.15) is 33.1 Å². The van der Waals surface area contributed by atoms with Crippen LogP contribution in [-0.2, 0) is 9.53 Å². The Kier molecular flexibility index (Phi) is 8.03. The predicted molar refractivity (Wildman–Crippen MR) is 102 cm³/mol. The van der Waals surface area contributed by atoms with Gasteiger partial charge in [-0.3, -0.25) is 9.69 Å². The van der Waals surface area contributed by atoms with Gasteiger partial charge in [-0.1, -0.05) is 13.3 Å². The molecule has 2 fully saturated rings. The number of aliphatic hydroxyl groups excluding tert-OH is 3. The van der Waals surface area contributed by atoms with Gasteiger partial charge in [-0.15, -0.1) is 24.2 Å². The first-order valence-corrected chi connectivity index (χ1v) is 10.1. The van der Waals surface area contributed by atoms with Crippen molar-refractivity contribution in [2.75, 3.05) is 13.6 Å². The van der Waals surface area contributed by atoms with Gasteiger partial charge in [0, 0.05) is 6.54 Å². The second-order valence-electron chi connectivity index (χ2n) is 7.52. The fraction of sp³-hybridized carbons (Fsp3) is 0.941. The van der Waals surface area contributed by atoms with Gasteiger partial charge >= 0.3 is 0 Å². The van der Waals surface area contributed by atoms with E-state index in [-0.39, 0.29) is 11.9 Å². The highest BCUT2D eigenvalue weighted by atomic mass is 35.5. The van der Waals surface area contributed by atoms with E-state index in [0.717, 1.165) is 25.8 Å². The van der Waals surface area contributed by atoms with Crippen LogP contribution in [0.15, 0.2) is 0 Å². The van der Waals surface area contributed by atoms with E-state index >= 15 is 0 Å². The van der Waals surface area contributed by atoms with E-state index in [1.165, 1.54) is 0 Å². The summed E-state index contributed by atoms with van der Waals surface area (Å²) in [6, 6.07) is -0.984. The third-order valence-electron chi connectivity index (χ3n) is 5.42. The minimum absolute atomic E-state index is 0.171. The summed E-state index contributed by atoms with van der Waals surface area (Å²) in [7, 11) is 1.93. The summed E-state index contributed by atoms with van der Waals surface area (Å²) in [5, 5.41) is 32.4. The van der Waals surface area contributed by atoms with Crippen LogP contribution in [-0.4, -0.2) is 87.0 Å². The summed E-state index contributed by atoms with van der Waals surface area (Å²) < 4.78 is 5.55. The van der Waals surface area contributed by atoms with Crippen molar-refractivity contribution < 1.29 is 24.9 Å². The molecule has 0 aliphatic carbocycles. The number of likely N-dealkylation sites (N-methyl/N-ethyl adjacent to an activating group) is 1. The topological polar surface area (TPSA) is 102 Å². The molecule has 26 heavy (non-hydrogen) atoms. The van der Waals surface area contributed by atoms with Crippen molar-refractivity contribution in [2.45, 2.75) is 80.4 Å². The van der Waals surface area contributed by atoms with Gasteiger partial charge < -0.3 is 25.4 Å². The Hall–Kier alpha value is -0.0900. The van der Waals surface area contributed by atoms with Crippen molar-refractivity contribution in [3.8, 4) is 0 Å². The number of ether oxygens (including phenoxy) is 1. The molecule has 0 bridgehead atoms. The van der Waals surface area contributed by atoms with Crippen molar-refractivity contribution in [1.82, 2.24) is 10.2 Å². The normalized spacial score (nSPS) is 41.0. The zero-order valence-corrected chi connectivity index (χ0v) is 17.1. The number of amides is 1. The molecule has 7 nitrogen and oxygen atoms in total. The van der Waals surface area contributed by atoms with E-state index in [0.29, 0.717) is 5.92 Å². The van der Waals surface area contributed by atoms with E-state index in [2.05, 4.69) is 24.9 Å². The third kappa shape index (κ3) is 4.84. The maximum absolute atomic E-state index is 12.8. The Morgan fingerprint density at radius 2 is 2.00 bits per heavy atom. The average molecular weight is 411 g/mol. The molecule has 152 valence electrons. The van der Waals surface area contributed by atoms with Crippen LogP contribution in [0.5, 0.6) is 0 Å². The SMILES string of the molecule is CCCC1CC(C(=O)N[C@@H]([C@H]2O[C@H](S)[C@H](O)[C@@H](O)[C@H]2O)[C@H](C)Cl)N(C)C1. The maximum Gasteiger partial charge on any atom is 0.237 e. The number of carbonyl (C=O) groups excluding carboxylic acids is 1. The zero-order chi connectivity index (χ0) is 19.6. The quantitative estimate of drug-likeness (QED) is 0.311. The Bertz CT molecular complexity index is 486. The fourth-order valence-electron chi connectivity index (χ4n) is 3.93. The first kappa shape index (κ1) is 22.2. The number of halogens is 1. The van der Waals surface area contributed by atoms with Crippen LogP contribution in [0.4, 0.5) is 0 Å². The molecule has 4 N–H and O–H groups in total. The van der Waals surface area contributed by atoms with Gasteiger partial charge in [0.25, 0.3) is 0 Å². The molecule has 0 aromatic rings. The summed E-state index contributed by atoms with van der Waals surface area (Å²) in [6.07, 6.45) is -2.14. The van der Waals surface area contributed by atoms with Crippen LogP contribution in [0.2, 0.25) is 0 Å². The Morgan fingerprint density at radius 1 is 1.35 bits per heavy atom. The van der Waals surface area contributed by atoms with Crippen molar-refractivity contribution in [1.29, 1.82) is 0 Å². The lowest BCUT2D eigenvalue weighted by Gasteiger charge is -2.43. The highest BCUT2D eigenvalue weighted by Crippen LogP contribution is 2.29. The minimum atomic E-state index is -1.42. The smallest absolute Gasteiger partial charge is 0.237 e. The maximum atomic E-state index is 12.8. The third-order valence-corrected chi connectivity index (χ3v) is 6.12. The summed E-state index contributed by atoms with van der Waals surface area (Å²) in [5.41, 5.74) is -0.976. The van der Waals surface area contributed by atoms with Crippen molar-refractivity contribution in [3.63, 3.8) is 0 Å².